The second-order valence-electron chi connectivity index (χ2n) is 23.2. The summed E-state index contributed by atoms with van der Waals surface area (Å²) in [6, 6.07) is 8.84. The topological polar surface area (TPSA) is 218 Å². The molecule has 2 aromatic rings. The van der Waals surface area contributed by atoms with E-state index in [0.717, 1.165) is 94.6 Å². The van der Waals surface area contributed by atoms with E-state index in [1.54, 1.807) is 13.0 Å². The van der Waals surface area contributed by atoms with Crippen molar-refractivity contribution >= 4 is 41.1 Å². The molecule has 2 unspecified atom stereocenters. The number of hydrogen-bond donors (Lipinski definition) is 7. The Bertz CT molecular complexity index is 2430. The first-order valence-electron chi connectivity index (χ1n) is 27.0. The fraction of sp³-hybridized carbons (Fsp3) is 0.655. The number of anilines is 1. The minimum Gasteiger partial charge on any atom is -0.508 e. The predicted octanol–water partition coefficient (Wildman–Crippen LogP) is 7.31. The lowest BCUT2D eigenvalue weighted by atomic mass is 9.49. The zero-order chi connectivity index (χ0) is 52.0. The summed E-state index contributed by atoms with van der Waals surface area (Å²) in [5, 5.41) is 24.9. The zero-order valence-corrected chi connectivity index (χ0v) is 44.0. The molecule has 0 aliphatic heterocycles. The number of amides is 6. The molecule has 2 aromatic carbocycles. The van der Waals surface area contributed by atoms with E-state index in [0.29, 0.717) is 44.3 Å². The summed E-state index contributed by atoms with van der Waals surface area (Å²) in [6.07, 6.45) is 14.3. The van der Waals surface area contributed by atoms with Crippen molar-refractivity contribution in [1.29, 1.82) is 0 Å². The van der Waals surface area contributed by atoms with E-state index < -0.39 is 52.1 Å². The van der Waals surface area contributed by atoms with E-state index in [9.17, 15) is 33.9 Å². The highest BCUT2D eigenvalue weighted by molar-refractivity contribution is 6.01. The van der Waals surface area contributed by atoms with Gasteiger partial charge in [0.2, 0.25) is 35.4 Å². The van der Waals surface area contributed by atoms with E-state index in [1.165, 1.54) is 11.1 Å². The summed E-state index contributed by atoms with van der Waals surface area (Å²) in [6.45, 7) is 14.1. The molecule has 10 atom stereocenters. The molecule has 72 heavy (non-hydrogen) atoms. The number of unbranched alkanes of at least 4 members (excludes halogenated alkanes) is 1. The van der Waals surface area contributed by atoms with Crippen LogP contribution < -0.4 is 32.3 Å². The zero-order valence-electron chi connectivity index (χ0n) is 44.0. The van der Waals surface area contributed by atoms with Gasteiger partial charge in [-0.2, -0.15) is 0 Å². The van der Waals surface area contributed by atoms with Gasteiger partial charge in [-0.25, -0.2) is 0 Å². The molecule has 5 aliphatic carbocycles. The number of hydrogen-bond acceptors (Lipinski definition) is 9. The Morgan fingerprint density at radius 3 is 2.00 bits per heavy atom. The lowest BCUT2D eigenvalue weighted by molar-refractivity contribution is -0.150. The number of aromatic hydroxyl groups is 1. The molecule has 2 saturated carbocycles. The van der Waals surface area contributed by atoms with Gasteiger partial charge in [0.1, 0.15) is 30.5 Å². The highest BCUT2D eigenvalue weighted by Gasteiger charge is 2.58. The number of imide groups is 1. The Balaban J connectivity index is 0.907. The van der Waals surface area contributed by atoms with Crippen LogP contribution in [0.5, 0.6) is 5.75 Å². The molecule has 392 valence electrons. The Kier molecular flexibility index (Phi) is 17.3. The van der Waals surface area contributed by atoms with Crippen molar-refractivity contribution in [2.75, 3.05) is 18.5 Å². The van der Waals surface area contributed by atoms with Gasteiger partial charge in [-0.05, 0) is 172 Å². The second-order valence-corrected chi connectivity index (χ2v) is 23.2. The lowest BCUT2D eigenvalue weighted by Crippen LogP contribution is -2.60. The molecule has 8 N–H and O–H groups in total. The molecule has 7 rings (SSSR count). The third kappa shape index (κ3) is 11.7. The highest BCUT2D eigenvalue weighted by atomic mass is 16.5. The fourth-order valence-corrected chi connectivity index (χ4v) is 13.5. The summed E-state index contributed by atoms with van der Waals surface area (Å²) < 4.78 is 5.70. The Morgan fingerprint density at radius 1 is 0.736 bits per heavy atom. The number of aryl methyl sites for hydroxylation is 2. The van der Waals surface area contributed by atoms with Crippen LogP contribution in [-0.4, -0.2) is 77.9 Å². The highest BCUT2D eigenvalue weighted by Crippen LogP contribution is 2.60. The molecule has 6 amide bonds. The molecule has 0 spiro atoms. The number of fused-ring (bicyclic) bond motifs is 6. The monoisotopic (exact) mass is 991 g/mol. The van der Waals surface area contributed by atoms with Crippen molar-refractivity contribution < 1.29 is 38.6 Å². The van der Waals surface area contributed by atoms with Gasteiger partial charge in [-0.1, -0.05) is 78.9 Å². The molecule has 0 bridgehead atoms. The Morgan fingerprint density at radius 2 is 1.36 bits per heavy atom. The molecule has 0 saturated heterocycles. The first-order valence-corrected chi connectivity index (χ1v) is 27.0. The van der Waals surface area contributed by atoms with Crippen molar-refractivity contribution in [2.45, 2.75) is 199 Å². The maximum absolute atomic E-state index is 14.7. The van der Waals surface area contributed by atoms with Gasteiger partial charge in [-0.15, -0.1) is 5.92 Å². The SMILES string of the molecule is CC(C)C(NC(=O)[C@@H](N)CCCCNC(=O)COC1C#CCCCCC1)C(=O)N[C@@H](C)C(=O)Nc1ccc2c(c1)[C@@]1(C)CCC[C@](C)(C(=O)NC(=O)[C@@]3(C)CCC[C@]4(C)c5cc(O)ccc5CC[C@@H]34)[C@@H]1CC2. The number of nitrogens with two attached hydrogens (primary N) is 1. The van der Waals surface area contributed by atoms with Crippen LogP contribution in [0.15, 0.2) is 36.4 Å². The Labute approximate surface area is 427 Å². The summed E-state index contributed by atoms with van der Waals surface area (Å²) in [5.74, 6) is 4.11. The molecule has 14 heteroatoms. The van der Waals surface area contributed by atoms with Crippen LogP contribution in [0.3, 0.4) is 0 Å². The minimum absolute atomic E-state index is 0.0244. The van der Waals surface area contributed by atoms with Gasteiger partial charge in [0, 0.05) is 18.7 Å². The predicted molar refractivity (Wildman–Crippen MR) is 278 cm³/mol. The Hall–Kier alpha value is -5.26. The summed E-state index contributed by atoms with van der Waals surface area (Å²) in [7, 11) is 0. The van der Waals surface area contributed by atoms with Crippen LogP contribution in [0, 0.1) is 40.4 Å². The standard InChI is InChI=1S/C58H82N6O8/c1-36(2)49(63-51(68)45(59)19-13-14-32-60-48(66)35-72-42-17-11-9-8-10-12-18-42)52(69)61-37(3)50(67)62-40-24-20-38-22-26-46-55(4,43(38)33-40)28-15-30-57(46,6)53(70)64-54(71)58(7)31-16-29-56(5)44-34-41(65)25-21-39(44)23-27-47(56)58/h20-21,24-25,33-34,36-37,42,45-47,49,65H,8-11,13-17,19,22-23,26-32,35,59H2,1-7H3,(H,60,66)(H,61,69)(H,62,67)(H,63,68)(H,64,70,71)/t37-,42?,45-,46+,47+,49?,55+,56+,57-,58-/m0/s1. The van der Waals surface area contributed by atoms with Gasteiger partial charge >= 0.3 is 0 Å². The van der Waals surface area contributed by atoms with Gasteiger partial charge in [0.25, 0.3) is 0 Å². The third-order valence-electron chi connectivity index (χ3n) is 17.8. The van der Waals surface area contributed by atoms with Crippen molar-refractivity contribution in [2.24, 2.45) is 34.3 Å². The quantitative estimate of drug-likeness (QED) is 0.0480. The summed E-state index contributed by atoms with van der Waals surface area (Å²) >= 11 is 0. The van der Waals surface area contributed by atoms with E-state index in [2.05, 4.69) is 52.3 Å². The number of phenolic OH excluding ortho intramolecular Hbond substituents is 1. The van der Waals surface area contributed by atoms with Crippen molar-refractivity contribution in [1.82, 2.24) is 21.3 Å². The van der Waals surface area contributed by atoms with Crippen LogP contribution in [0.1, 0.15) is 173 Å². The first-order chi connectivity index (χ1) is 34.2. The van der Waals surface area contributed by atoms with Crippen molar-refractivity contribution in [3.05, 3.63) is 58.7 Å². The fourth-order valence-electron chi connectivity index (χ4n) is 13.5. The van der Waals surface area contributed by atoms with E-state index >= 15 is 0 Å². The molecule has 0 radical (unpaired) electrons. The van der Waals surface area contributed by atoms with E-state index in [1.807, 2.05) is 58.0 Å². The number of benzene rings is 2. The minimum atomic E-state index is -0.937. The van der Waals surface area contributed by atoms with Gasteiger partial charge < -0.3 is 36.8 Å². The van der Waals surface area contributed by atoms with Crippen LogP contribution in [0.25, 0.3) is 0 Å². The third-order valence-corrected chi connectivity index (χ3v) is 17.8. The normalized spacial score (nSPS) is 28.8. The van der Waals surface area contributed by atoms with E-state index in [4.69, 9.17) is 10.5 Å². The molecule has 0 heterocycles. The van der Waals surface area contributed by atoms with Crippen LogP contribution in [-0.2, 0) is 57.2 Å². The second kappa shape index (κ2) is 22.9. The van der Waals surface area contributed by atoms with Crippen molar-refractivity contribution in [3.63, 3.8) is 0 Å². The van der Waals surface area contributed by atoms with Crippen molar-refractivity contribution in [3.8, 4) is 17.6 Å². The largest absolute Gasteiger partial charge is 0.508 e. The smallest absolute Gasteiger partial charge is 0.246 e. The van der Waals surface area contributed by atoms with Gasteiger partial charge in [0.05, 0.1) is 16.9 Å². The van der Waals surface area contributed by atoms with Crippen LogP contribution in [0.4, 0.5) is 5.69 Å². The van der Waals surface area contributed by atoms with Crippen LogP contribution in [0.2, 0.25) is 0 Å². The maximum Gasteiger partial charge on any atom is 0.246 e. The average molecular weight is 991 g/mol. The lowest BCUT2D eigenvalue weighted by Gasteiger charge is -2.56. The summed E-state index contributed by atoms with van der Waals surface area (Å²) in [4.78, 5) is 82.1. The number of nitrogens with one attached hydrogen (secondary N) is 5. The number of phenols is 1. The van der Waals surface area contributed by atoms with Crippen LogP contribution >= 0.6 is 0 Å². The number of carbonyl (C=O) groups excluding carboxylic acids is 6. The summed E-state index contributed by atoms with van der Waals surface area (Å²) in [5.41, 5.74) is 9.20. The number of ether oxygens (including phenoxy) is 1. The van der Waals surface area contributed by atoms with Gasteiger partial charge in [0.15, 0.2) is 0 Å². The first kappa shape index (κ1) is 54.5. The number of carbonyl (C=O) groups is 6. The molecule has 2 fully saturated rings. The van der Waals surface area contributed by atoms with Gasteiger partial charge in [-0.3, -0.25) is 34.1 Å². The molecular formula is C58H82N6O8. The molecule has 0 aromatic heterocycles. The number of rotatable bonds is 17. The van der Waals surface area contributed by atoms with E-state index in [-0.39, 0.29) is 59.4 Å². The molecule has 5 aliphatic rings. The molecule has 14 nitrogen and oxygen atoms in total. The molecular weight excluding hydrogens is 909 g/mol. The maximum atomic E-state index is 14.7. The average Bonchev–Trinajstić information content (AvgIpc) is 3.32.